The van der Waals surface area contributed by atoms with Gasteiger partial charge in [-0.05, 0) is 58.2 Å². The van der Waals surface area contributed by atoms with Crippen molar-refractivity contribution >= 4 is 15.9 Å². The number of halogens is 4. The molecule has 0 nitrogen and oxygen atoms in total. The van der Waals surface area contributed by atoms with Gasteiger partial charge in [0.2, 0.25) is 0 Å². The average Bonchev–Trinajstić information content (AvgIpc) is 2.42. The second-order valence-electron chi connectivity index (χ2n) is 4.56. The molecule has 0 atom stereocenters. The van der Waals surface area contributed by atoms with E-state index in [0.29, 0.717) is 22.0 Å². The van der Waals surface area contributed by atoms with Crippen LogP contribution >= 0.6 is 15.9 Å². The van der Waals surface area contributed by atoms with Gasteiger partial charge in [0.15, 0.2) is 0 Å². The quantitative estimate of drug-likeness (QED) is 0.650. The Morgan fingerprint density at radius 3 is 2.19 bits per heavy atom. The first-order valence-corrected chi connectivity index (χ1v) is 7.25. The Morgan fingerprint density at radius 2 is 1.62 bits per heavy atom. The van der Waals surface area contributed by atoms with E-state index in [0.717, 1.165) is 6.42 Å². The van der Waals surface area contributed by atoms with Gasteiger partial charge in [0.25, 0.3) is 0 Å². The summed E-state index contributed by atoms with van der Waals surface area (Å²) in [6.07, 6.45) is 1.42. The largest absolute Gasteiger partial charge is 0.206 e. The lowest BCUT2D eigenvalue weighted by Crippen LogP contribution is -1.95. The van der Waals surface area contributed by atoms with Crippen LogP contribution in [0.2, 0.25) is 0 Å². The minimum atomic E-state index is -0.691. The molecule has 0 unspecified atom stereocenters. The Labute approximate surface area is 130 Å². The van der Waals surface area contributed by atoms with Crippen LogP contribution in [-0.2, 0) is 6.42 Å². The molecule has 0 amide bonds. The molecule has 2 rings (SSSR count). The van der Waals surface area contributed by atoms with E-state index in [-0.39, 0.29) is 5.56 Å². The Hall–Kier alpha value is -1.73. The Bertz CT molecular complexity index is 704. The van der Waals surface area contributed by atoms with Gasteiger partial charge >= 0.3 is 0 Å². The van der Waals surface area contributed by atoms with Gasteiger partial charge in [-0.1, -0.05) is 25.2 Å². The first-order valence-electron chi connectivity index (χ1n) is 6.46. The third-order valence-corrected chi connectivity index (χ3v) is 3.54. The highest BCUT2D eigenvalue weighted by Crippen LogP contribution is 2.18. The highest BCUT2D eigenvalue weighted by molar-refractivity contribution is 9.10. The molecule has 2 aromatic rings. The van der Waals surface area contributed by atoms with Crippen molar-refractivity contribution in [2.45, 2.75) is 19.8 Å². The molecule has 0 N–H and O–H groups in total. The smallest absolute Gasteiger partial charge is 0.142 e. The molecule has 0 saturated heterocycles. The van der Waals surface area contributed by atoms with Crippen LogP contribution in [0.25, 0.3) is 0 Å². The van der Waals surface area contributed by atoms with E-state index in [2.05, 4.69) is 27.8 Å². The van der Waals surface area contributed by atoms with Crippen LogP contribution in [0.3, 0.4) is 0 Å². The number of hydrogen-bond donors (Lipinski definition) is 0. The summed E-state index contributed by atoms with van der Waals surface area (Å²) in [7, 11) is 0. The molecule has 4 heteroatoms. The molecule has 0 aliphatic heterocycles. The van der Waals surface area contributed by atoms with E-state index in [1.807, 2.05) is 6.92 Å². The summed E-state index contributed by atoms with van der Waals surface area (Å²) >= 11 is 3.03. The van der Waals surface area contributed by atoms with Gasteiger partial charge in [0.05, 0.1) is 10.0 Å². The van der Waals surface area contributed by atoms with Crippen LogP contribution in [0.1, 0.15) is 30.0 Å². The first kappa shape index (κ1) is 15.7. The maximum absolute atomic E-state index is 13.9. The van der Waals surface area contributed by atoms with Crippen molar-refractivity contribution in [1.82, 2.24) is 0 Å². The first-order chi connectivity index (χ1) is 10.0. The van der Waals surface area contributed by atoms with Gasteiger partial charge in [0.1, 0.15) is 17.5 Å². The third-order valence-electron chi connectivity index (χ3n) is 2.89. The summed E-state index contributed by atoms with van der Waals surface area (Å²) in [5.74, 6) is 3.15. The van der Waals surface area contributed by atoms with Crippen LogP contribution in [0.4, 0.5) is 13.2 Å². The summed E-state index contributed by atoms with van der Waals surface area (Å²) < 4.78 is 41.4. The van der Waals surface area contributed by atoms with Crippen molar-refractivity contribution in [2.24, 2.45) is 0 Å². The predicted molar refractivity (Wildman–Crippen MR) is 80.4 cm³/mol. The zero-order valence-corrected chi connectivity index (χ0v) is 12.9. The molecule has 21 heavy (non-hydrogen) atoms. The number of hydrogen-bond acceptors (Lipinski definition) is 0. The molecule has 0 heterocycles. The van der Waals surface area contributed by atoms with Crippen LogP contribution in [0.15, 0.2) is 34.8 Å². The van der Waals surface area contributed by atoms with E-state index < -0.39 is 17.5 Å². The highest BCUT2D eigenvalue weighted by atomic mass is 79.9. The van der Waals surface area contributed by atoms with E-state index in [1.165, 1.54) is 24.3 Å². The van der Waals surface area contributed by atoms with Crippen molar-refractivity contribution in [1.29, 1.82) is 0 Å². The number of rotatable bonds is 2. The summed E-state index contributed by atoms with van der Waals surface area (Å²) in [5, 5.41) is 0. The van der Waals surface area contributed by atoms with Crippen LogP contribution in [0.5, 0.6) is 0 Å². The molecule has 0 aliphatic carbocycles. The lowest BCUT2D eigenvalue weighted by atomic mass is 10.1. The van der Waals surface area contributed by atoms with Crippen molar-refractivity contribution in [3.8, 4) is 11.8 Å². The highest BCUT2D eigenvalue weighted by Gasteiger charge is 2.09. The minimum Gasteiger partial charge on any atom is -0.206 e. The molecule has 0 fully saturated rings. The molecule has 2 aromatic carbocycles. The van der Waals surface area contributed by atoms with Gasteiger partial charge in [-0.25, -0.2) is 13.2 Å². The molecule has 0 saturated carbocycles. The van der Waals surface area contributed by atoms with Crippen LogP contribution in [-0.4, -0.2) is 0 Å². The molecule has 0 bridgehead atoms. The van der Waals surface area contributed by atoms with Gasteiger partial charge in [-0.15, -0.1) is 0 Å². The zero-order chi connectivity index (χ0) is 15.4. The summed E-state index contributed by atoms with van der Waals surface area (Å²) in [4.78, 5) is 0. The molecule has 0 spiro atoms. The second kappa shape index (κ2) is 6.82. The maximum Gasteiger partial charge on any atom is 0.142 e. The Balaban J connectivity index is 2.36. The topological polar surface area (TPSA) is 0 Å². The van der Waals surface area contributed by atoms with Gasteiger partial charge in [-0.3, -0.25) is 0 Å². The van der Waals surface area contributed by atoms with Crippen molar-refractivity contribution in [3.05, 3.63) is 68.9 Å². The fourth-order valence-electron chi connectivity index (χ4n) is 1.89. The molecular formula is C17H12BrF3. The van der Waals surface area contributed by atoms with E-state index >= 15 is 0 Å². The molecule has 0 aliphatic rings. The number of aryl methyl sites for hydroxylation is 1. The van der Waals surface area contributed by atoms with Crippen molar-refractivity contribution in [2.75, 3.05) is 0 Å². The normalized spacial score (nSPS) is 10.1. The lowest BCUT2D eigenvalue weighted by Gasteiger charge is -2.02. The summed E-state index contributed by atoms with van der Waals surface area (Å²) in [6, 6.07) is 6.85. The standard InChI is InChI=1S/C17H12BrF3/c1-2-3-12-9-15(19)13(16(20)10-12)6-4-11-5-7-14(18)17(21)8-11/h5,7-10H,2-3H2,1H3. The summed E-state index contributed by atoms with van der Waals surface area (Å²) in [6.45, 7) is 1.94. The fraction of sp³-hybridized carbons (Fsp3) is 0.176. The van der Waals surface area contributed by atoms with E-state index in [1.54, 1.807) is 6.07 Å². The third kappa shape index (κ3) is 3.89. The van der Waals surface area contributed by atoms with E-state index in [9.17, 15) is 13.2 Å². The average molecular weight is 353 g/mol. The number of benzene rings is 2. The summed E-state index contributed by atoms with van der Waals surface area (Å²) in [5.41, 5.74) is 0.665. The molecule has 108 valence electrons. The van der Waals surface area contributed by atoms with Crippen molar-refractivity contribution < 1.29 is 13.2 Å². The SMILES string of the molecule is CCCc1cc(F)c(C#Cc2ccc(Br)c(F)c2)c(F)c1. The Kier molecular flexibility index (Phi) is 5.08. The van der Waals surface area contributed by atoms with Crippen molar-refractivity contribution in [3.63, 3.8) is 0 Å². The predicted octanol–water partition coefficient (Wildman–Crippen LogP) is 5.22. The fourth-order valence-corrected chi connectivity index (χ4v) is 2.13. The maximum atomic E-state index is 13.9. The van der Waals surface area contributed by atoms with Gasteiger partial charge in [-0.2, -0.15) is 0 Å². The molecular weight excluding hydrogens is 341 g/mol. The lowest BCUT2D eigenvalue weighted by molar-refractivity contribution is 0.573. The van der Waals surface area contributed by atoms with Gasteiger partial charge in [0, 0.05) is 5.56 Å². The van der Waals surface area contributed by atoms with Crippen LogP contribution < -0.4 is 0 Å². The van der Waals surface area contributed by atoms with Crippen LogP contribution in [0, 0.1) is 29.3 Å². The second-order valence-corrected chi connectivity index (χ2v) is 5.42. The molecule has 0 aromatic heterocycles. The minimum absolute atomic E-state index is 0.293. The van der Waals surface area contributed by atoms with Gasteiger partial charge < -0.3 is 0 Å². The Morgan fingerprint density at radius 1 is 0.952 bits per heavy atom. The monoisotopic (exact) mass is 352 g/mol. The zero-order valence-electron chi connectivity index (χ0n) is 11.3. The molecule has 0 radical (unpaired) electrons. The van der Waals surface area contributed by atoms with E-state index in [4.69, 9.17) is 0 Å².